The Kier molecular flexibility index (Phi) is 23.0. The van der Waals surface area contributed by atoms with E-state index in [0.29, 0.717) is 0 Å². The van der Waals surface area contributed by atoms with E-state index in [9.17, 15) is 0 Å². The molecule has 0 aromatic heterocycles. The summed E-state index contributed by atoms with van der Waals surface area (Å²) in [7, 11) is 0. The molecule has 196 valence electrons. The normalized spacial score (nSPS) is 13.3. The second-order valence-electron chi connectivity index (χ2n) is 11.1. The van der Waals surface area contributed by atoms with Crippen LogP contribution in [0.4, 0.5) is 0 Å². The maximum atomic E-state index is 4.72. The molecular formula is C30H64BrP. The van der Waals surface area contributed by atoms with Gasteiger partial charge in [-0.3, -0.25) is 0 Å². The van der Waals surface area contributed by atoms with Crippen molar-refractivity contribution in [3.05, 3.63) is 0 Å². The Labute approximate surface area is 213 Å². The van der Waals surface area contributed by atoms with Crippen molar-refractivity contribution < 1.29 is 0 Å². The fraction of sp³-hybridized carbons (Fsp3) is 1.00. The summed E-state index contributed by atoms with van der Waals surface area (Å²) < 4.78 is 0. The summed E-state index contributed by atoms with van der Waals surface area (Å²) in [6.45, 7) is 9.37. The van der Waals surface area contributed by atoms with Crippen LogP contribution in [-0.4, -0.2) is 24.6 Å². The van der Waals surface area contributed by atoms with Crippen molar-refractivity contribution in [3.63, 3.8) is 0 Å². The zero-order valence-electron chi connectivity index (χ0n) is 23.2. The molecule has 0 aromatic carbocycles. The van der Waals surface area contributed by atoms with E-state index in [4.69, 9.17) is 15.5 Å². The molecule has 32 heavy (non-hydrogen) atoms. The number of hydrogen-bond donors (Lipinski definition) is 0. The maximum absolute atomic E-state index is 4.72. The van der Waals surface area contributed by atoms with Crippen LogP contribution >= 0.6 is 20.8 Å². The van der Waals surface area contributed by atoms with Crippen LogP contribution in [-0.2, 0) is 0 Å². The summed E-state index contributed by atoms with van der Waals surface area (Å²) in [6, 6.07) is 0. The Morgan fingerprint density at radius 3 is 0.750 bits per heavy atom. The monoisotopic (exact) mass is 534 g/mol. The quantitative estimate of drug-likeness (QED) is 0.0763. The molecule has 0 fully saturated rings. The van der Waals surface area contributed by atoms with E-state index in [-0.39, 0.29) is 0 Å². The van der Waals surface area contributed by atoms with Crippen LogP contribution in [0.15, 0.2) is 0 Å². The van der Waals surface area contributed by atoms with E-state index in [1.54, 1.807) is 24.6 Å². The molecule has 0 N–H and O–H groups in total. The molecule has 0 aliphatic heterocycles. The van der Waals surface area contributed by atoms with Crippen LogP contribution in [0, 0.1) is 0 Å². The van der Waals surface area contributed by atoms with Gasteiger partial charge in [-0.25, -0.2) is 0 Å². The van der Waals surface area contributed by atoms with Crippen molar-refractivity contribution in [1.29, 1.82) is 0 Å². The van der Waals surface area contributed by atoms with E-state index in [0.717, 1.165) is 0 Å². The minimum absolute atomic E-state index is 1.37. The Balaban J connectivity index is 4.88. The molecular weight excluding hydrogens is 471 g/mol. The standard InChI is InChI=1S/C30H64BrP/c1-5-9-13-17-19-21-25-29-32(31,27-23-15-11-7-3,28-24-16-12-8-4)30-26-22-20-18-14-10-6-2/h5-30H2,1-4H3. The number of rotatable bonds is 26. The van der Waals surface area contributed by atoms with E-state index in [2.05, 4.69) is 27.7 Å². The summed E-state index contributed by atoms with van der Waals surface area (Å²) in [5.74, 6) is 0. The Hall–Kier alpha value is 0.910. The molecule has 0 unspecified atom stereocenters. The molecule has 0 nitrogen and oxygen atoms in total. The van der Waals surface area contributed by atoms with Gasteiger partial charge in [0.25, 0.3) is 0 Å². The van der Waals surface area contributed by atoms with Gasteiger partial charge in [-0.2, -0.15) is 0 Å². The number of hydrogen-bond acceptors (Lipinski definition) is 0. The number of unbranched alkanes of at least 4 members (excludes halogenated alkanes) is 18. The van der Waals surface area contributed by atoms with E-state index in [1.807, 2.05) is 0 Å². The first kappa shape index (κ1) is 32.9. The molecule has 2 heteroatoms. The third-order valence-corrected chi connectivity index (χ3v) is 17.8. The van der Waals surface area contributed by atoms with Crippen molar-refractivity contribution in [2.24, 2.45) is 0 Å². The van der Waals surface area contributed by atoms with Gasteiger partial charge in [0, 0.05) is 0 Å². The van der Waals surface area contributed by atoms with Crippen molar-refractivity contribution in [2.75, 3.05) is 24.6 Å². The molecule has 0 amide bonds. The molecule has 0 aromatic rings. The first-order chi connectivity index (χ1) is 15.5. The van der Waals surface area contributed by atoms with Crippen LogP contribution in [0.1, 0.15) is 169 Å². The van der Waals surface area contributed by atoms with Gasteiger partial charge in [0.15, 0.2) is 0 Å². The predicted octanol–water partition coefficient (Wildman–Crippen LogP) is 12.5. The molecule has 0 bridgehead atoms. The Bertz CT molecular complexity index is 347. The van der Waals surface area contributed by atoms with Crippen LogP contribution < -0.4 is 0 Å². The van der Waals surface area contributed by atoms with Crippen LogP contribution in [0.25, 0.3) is 0 Å². The summed E-state index contributed by atoms with van der Waals surface area (Å²) >= 11 is 4.72. The van der Waals surface area contributed by atoms with Crippen molar-refractivity contribution in [2.45, 2.75) is 169 Å². The van der Waals surface area contributed by atoms with Crippen LogP contribution in [0.3, 0.4) is 0 Å². The van der Waals surface area contributed by atoms with Gasteiger partial charge >= 0.3 is 214 Å². The minimum atomic E-state index is -1.73. The summed E-state index contributed by atoms with van der Waals surface area (Å²) in [4.78, 5) is 0. The molecule has 0 saturated heterocycles. The molecule has 0 heterocycles. The second-order valence-corrected chi connectivity index (χ2v) is 22.5. The van der Waals surface area contributed by atoms with Crippen molar-refractivity contribution in [1.82, 2.24) is 0 Å². The fourth-order valence-electron chi connectivity index (χ4n) is 5.47. The second kappa shape index (κ2) is 22.4. The Morgan fingerprint density at radius 1 is 0.312 bits per heavy atom. The zero-order valence-corrected chi connectivity index (χ0v) is 25.7. The summed E-state index contributed by atoms with van der Waals surface area (Å²) in [5, 5.41) is -1.73. The first-order valence-electron chi connectivity index (χ1n) is 15.3. The third-order valence-electron chi connectivity index (χ3n) is 7.78. The predicted molar refractivity (Wildman–Crippen MR) is 160 cm³/mol. The third kappa shape index (κ3) is 18.3. The van der Waals surface area contributed by atoms with Gasteiger partial charge in [0.05, 0.1) is 0 Å². The average molecular weight is 536 g/mol. The van der Waals surface area contributed by atoms with Gasteiger partial charge < -0.3 is 0 Å². The summed E-state index contributed by atoms with van der Waals surface area (Å²) in [6.07, 6.45) is 38.0. The zero-order chi connectivity index (χ0) is 23.8. The molecule has 0 aliphatic rings. The molecule has 0 aliphatic carbocycles. The van der Waals surface area contributed by atoms with Crippen LogP contribution in [0.2, 0.25) is 0 Å². The Morgan fingerprint density at radius 2 is 0.500 bits per heavy atom. The molecule has 0 atom stereocenters. The van der Waals surface area contributed by atoms with Gasteiger partial charge in [-0.15, -0.1) is 0 Å². The van der Waals surface area contributed by atoms with E-state index < -0.39 is 5.31 Å². The molecule has 0 radical (unpaired) electrons. The van der Waals surface area contributed by atoms with Gasteiger partial charge in [0.1, 0.15) is 0 Å². The fourth-order valence-corrected chi connectivity index (χ4v) is 13.9. The first-order valence-corrected chi connectivity index (χ1v) is 20.3. The molecule has 0 rings (SSSR count). The topological polar surface area (TPSA) is 0 Å². The number of halogens is 1. The van der Waals surface area contributed by atoms with Gasteiger partial charge in [0.2, 0.25) is 0 Å². The van der Waals surface area contributed by atoms with E-state index in [1.165, 1.54) is 141 Å². The van der Waals surface area contributed by atoms with Gasteiger partial charge in [-0.1, -0.05) is 0 Å². The van der Waals surface area contributed by atoms with Crippen LogP contribution in [0.5, 0.6) is 0 Å². The van der Waals surface area contributed by atoms with Gasteiger partial charge in [-0.05, 0) is 0 Å². The van der Waals surface area contributed by atoms with Crippen molar-refractivity contribution >= 4 is 20.8 Å². The van der Waals surface area contributed by atoms with E-state index >= 15 is 0 Å². The summed E-state index contributed by atoms with van der Waals surface area (Å²) in [5.41, 5.74) is 0. The average Bonchev–Trinajstić information content (AvgIpc) is 2.79. The van der Waals surface area contributed by atoms with Crippen molar-refractivity contribution in [3.8, 4) is 0 Å². The molecule has 0 saturated carbocycles. The SMILES string of the molecule is CCCCCCCCCP(Br)(CCCCCC)(CCCCCC)CCCCCCCCC. The molecule has 0 spiro atoms.